The van der Waals surface area contributed by atoms with Gasteiger partial charge < -0.3 is 5.43 Å². The van der Waals surface area contributed by atoms with Crippen LogP contribution in [0.15, 0.2) is 36.5 Å². The molecule has 0 fully saturated rings. The van der Waals surface area contributed by atoms with E-state index in [2.05, 4.69) is 24.4 Å². The predicted molar refractivity (Wildman–Crippen MR) is 70.7 cm³/mol. The van der Waals surface area contributed by atoms with Crippen LogP contribution in [0.4, 0.5) is 0 Å². The molecular formula is C13H17ClN2O. The number of hydrazine groups is 1. The van der Waals surface area contributed by atoms with E-state index < -0.39 is 0 Å². The Morgan fingerprint density at radius 1 is 1.29 bits per heavy atom. The Labute approximate surface area is 107 Å². The maximum absolute atomic E-state index is 11.7. The lowest BCUT2D eigenvalue weighted by Gasteiger charge is -2.10. The zero-order chi connectivity index (χ0) is 12.7. The zero-order valence-electron chi connectivity index (χ0n) is 9.92. The third-order valence-electron chi connectivity index (χ3n) is 2.29. The number of amides is 1. The van der Waals surface area contributed by atoms with E-state index in [1.54, 1.807) is 24.3 Å². The Balaban J connectivity index is 2.39. The summed E-state index contributed by atoms with van der Waals surface area (Å²) in [6.07, 6.45) is 3.02. The molecule has 0 unspecified atom stereocenters. The van der Waals surface area contributed by atoms with Crippen LogP contribution in [0.2, 0.25) is 5.02 Å². The van der Waals surface area contributed by atoms with Crippen molar-refractivity contribution in [2.75, 3.05) is 0 Å². The molecule has 1 amide bonds. The molecule has 0 saturated heterocycles. The summed E-state index contributed by atoms with van der Waals surface area (Å²) in [4.78, 5) is 11.7. The normalized spacial score (nSPS) is 9.76. The molecule has 2 N–H and O–H groups in total. The summed E-state index contributed by atoms with van der Waals surface area (Å²) in [6.45, 7) is 5.94. The molecule has 0 radical (unpaired) electrons. The van der Waals surface area contributed by atoms with Crippen molar-refractivity contribution >= 4 is 17.5 Å². The number of hydrogen-bond acceptors (Lipinski definition) is 2. The van der Waals surface area contributed by atoms with Gasteiger partial charge in [-0.15, -0.1) is 0 Å². The highest BCUT2D eigenvalue weighted by Crippen LogP contribution is 2.09. The molecular weight excluding hydrogens is 236 g/mol. The van der Waals surface area contributed by atoms with Crippen molar-refractivity contribution in [3.8, 4) is 0 Å². The molecule has 0 aromatic heterocycles. The summed E-state index contributed by atoms with van der Waals surface area (Å²) in [6, 6.07) is 6.72. The van der Waals surface area contributed by atoms with Crippen molar-refractivity contribution < 1.29 is 4.79 Å². The molecule has 1 aromatic rings. The fraction of sp³-hybridized carbons (Fsp3) is 0.308. The van der Waals surface area contributed by atoms with Gasteiger partial charge in [-0.1, -0.05) is 31.5 Å². The standard InChI is InChI=1S/C13H17ClN2O/c1-3-4-5-10(2)15-16-13(17)11-6-8-12(14)9-7-11/h6-9,15H,2-5H2,1H3,(H,16,17). The first-order chi connectivity index (χ1) is 8.13. The SMILES string of the molecule is C=C(CCCC)NNC(=O)c1ccc(Cl)cc1. The third kappa shape index (κ3) is 4.91. The van der Waals surface area contributed by atoms with Crippen LogP contribution in [0, 0.1) is 0 Å². The third-order valence-corrected chi connectivity index (χ3v) is 2.54. The van der Waals surface area contributed by atoms with E-state index in [0.717, 1.165) is 25.0 Å². The molecule has 1 rings (SSSR count). The summed E-state index contributed by atoms with van der Waals surface area (Å²) in [5, 5.41) is 0.613. The van der Waals surface area contributed by atoms with Crippen LogP contribution in [0.5, 0.6) is 0 Å². The van der Waals surface area contributed by atoms with Crippen LogP contribution >= 0.6 is 11.6 Å². The fourth-order valence-corrected chi connectivity index (χ4v) is 1.40. The Bertz CT molecular complexity index is 387. The molecule has 4 heteroatoms. The summed E-state index contributed by atoms with van der Waals surface area (Å²) in [7, 11) is 0. The lowest BCUT2D eigenvalue weighted by atomic mass is 10.2. The van der Waals surface area contributed by atoms with Gasteiger partial charge in [-0.2, -0.15) is 0 Å². The highest BCUT2D eigenvalue weighted by Gasteiger charge is 2.04. The number of nitrogens with one attached hydrogen (secondary N) is 2. The maximum atomic E-state index is 11.7. The van der Waals surface area contributed by atoms with Gasteiger partial charge in [0.15, 0.2) is 0 Å². The van der Waals surface area contributed by atoms with E-state index in [1.165, 1.54) is 0 Å². The van der Waals surface area contributed by atoms with E-state index in [4.69, 9.17) is 11.6 Å². The second-order valence-corrected chi connectivity index (χ2v) is 4.23. The fourth-order valence-electron chi connectivity index (χ4n) is 1.27. The van der Waals surface area contributed by atoms with Crippen LogP contribution in [0.1, 0.15) is 36.5 Å². The van der Waals surface area contributed by atoms with Crippen molar-refractivity contribution in [3.63, 3.8) is 0 Å². The van der Waals surface area contributed by atoms with Crippen LogP contribution < -0.4 is 10.9 Å². The van der Waals surface area contributed by atoms with Gasteiger partial charge in [-0.3, -0.25) is 10.2 Å². The van der Waals surface area contributed by atoms with E-state index in [1.807, 2.05) is 0 Å². The van der Waals surface area contributed by atoms with Gasteiger partial charge in [0.25, 0.3) is 5.91 Å². The van der Waals surface area contributed by atoms with E-state index in [9.17, 15) is 4.79 Å². The smallest absolute Gasteiger partial charge is 0.269 e. The molecule has 92 valence electrons. The molecule has 17 heavy (non-hydrogen) atoms. The Kier molecular flexibility index (Phi) is 5.57. The van der Waals surface area contributed by atoms with Gasteiger partial charge in [0.1, 0.15) is 0 Å². The Morgan fingerprint density at radius 3 is 2.53 bits per heavy atom. The first-order valence-electron chi connectivity index (χ1n) is 5.63. The van der Waals surface area contributed by atoms with Crippen LogP contribution in [-0.4, -0.2) is 5.91 Å². The maximum Gasteiger partial charge on any atom is 0.269 e. The van der Waals surface area contributed by atoms with Crippen LogP contribution in [-0.2, 0) is 0 Å². The molecule has 0 aliphatic carbocycles. The van der Waals surface area contributed by atoms with E-state index >= 15 is 0 Å². The summed E-state index contributed by atoms with van der Waals surface area (Å²) >= 11 is 5.74. The van der Waals surface area contributed by atoms with Crippen LogP contribution in [0.25, 0.3) is 0 Å². The van der Waals surface area contributed by atoms with Crippen LogP contribution in [0.3, 0.4) is 0 Å². The topological polar surface area (TPSA) is 41.1 Å². The monoisotopic (exact) mass is 252 g/mol. The highest BCUT2D eigenvalue weighted by atomic mass is 35.5. The Morgan fingerprint density at radius 2 is 1.94 bits per heavy atom. The summed E-state index contributed by atoms with van der Waals surface area (Å²) in [5.41, 5.74) is 6.77. The number of hydrogen-bond donors (Lipinski definition) is 2. The van der Waals surface area contributed by atoms with E-state index in [-0.39, 0.29) is 5.91 Å². The quantitative estimate of drug-likeness (QED) is 0.763. The Hall–Kier alpha value is -1.48. The van der Waals surface area contributed by atoms with Gasteiger partial charge in [-0.25, -0.2) is 0 Å². The van der Waals surface area contributed by atoms with Crippen molar-refractivity contribution in [1.29, 1.82) is 0 Å². The molecule has 3 nitrogen and oxygen atoms in total. The second-order valence-electron chi connectivity index (χ2n) is 3.79. The lowest BCUT2D eigenvalue weighted by Crippen LogP contribution is -2.36. The number of carbonyl (C=O) groups excluding carboxylic acids is 1. The number of rotatable bonds is 6. The summed E-state index contributed by atoms with van der Waals surface area (Å²) in [5.74, 6) is -0.195. The van der Waals surface area contributed by atoms with Gasteiger partial charge in [-0.05, 0) is 37.1 Å². The lowest BCUT2D eigenvalue weighted by molar-refractivity contribution is 0.0938. The predicted octanol–water partition coefficient (Wildman–Crippen LogP) is 3.28. The molecule has 1 aromatic carbocycles. The van der Waals surface area contributed by atoms with Gasteiger partial charge in [0, 0.05) is 16.3 Å². The zero-order valence-corrected chi connectivity index (χ0v) is 10.7. The van der Waals surface area contributed by atoms with Crippen molar-refractivity contribution in [3.05, 3.63) is 47.1 Å². The van der Waals surface area contributed by atoms with E-state index in [0.29, 0.717) is 10.6 Å². The minimum Gasteiger partial charge on any atom is -0.303 e. The molecule has 0 heterocycles. The molecule has 0 spiro atoms. The van der Waals surface area contributed by atoms with Crippen molar-refractivity contribution in [2.45, 2.75) is 26.2 Å². The number of allylic oxidation sites excluding steroid dienone is 1. The summed E-state index contributed by atoms with van der Waals surface area (Å²) < 4.78 is 0. The number of carbonyl (C=O) groups is 1. The molecule has 0 aliphatic heterocycles. The first-order valence-corrected chi connectivity index (χ1v) is 6.01. The van der Waals surface area contributed by atoms with Gasteiger partial charge >= 0.3 is 0 Å². The number of halogens is 1. The molecule has 0 bridgehead atoms. The largest absolute Gasteiger partial charge is 0.303 e. The molecule has 0 aliphatic rings. The molecule has 0 saturated carbocycles. The minimum absolute atomic E-state index is 0.195. The number of benzene rings is 1. The van der Waals surface area contributed by atoms with Crippen molar-refractivity contribution in [1.82, 2.24) is 10.9 Å². The van der Waals surface area contributed by atoms with Gasteiger partial charge in [0.2, 0.25) is 0 Å². The van der Waals surface area contributed by atoms with Crippen molar-refractivity contribution in [2.24, 2.45) is 0 Å². The second kappa shape index (κ2) is 6.97. The number of unbranched alkanes of at least 4 members (excludes halogenated alkanes) is 1. The first kappa shape index (κ1) is 13.6. The highest BCUT2D eigenvalue weighted by molar-refractivity contribution is 6.30. The van der Waals surface area contributed by atoms with Gasteiger partial charge in [0.05, 0.1) is 0 Å². The minimum atomic E-state index is -0.195. The average molecular weight is 253 g/mol. The molecule has 0 atom stereocenters. The average Bonchev–Trinajstić information content (AvgIpc) is 2.34.